The van der Waals surface area contributed by atoms with E-state index in [2.05, 4.69) is 22.1 Å². The van der Waals surface area contributed by atoms with Gasteiger partial charge in [-0.3, -0.25) is 9.36 Å². The number of ether oxygens (including phenoxy) is 1. The van der Waals surface area contributed by atoms with Crippen LogP contribution in [0.3, 0.4) is 0 Å². The van der Waals surface area contributed by atoms with Crippen LogP contribution in [-0.2, 0) is 16.1 Å². The fraction of sp³-hybridized carbons (Fsp3) is 0.182. The number of rotatable bonds is 8. The summed E-state index contributed by atoms with van der Waals surface area (Å²) < 4.78 is 6.61. The Morgan fingerprint density at radius 2 is 2.06 bits per heavy atom. The molecule has 9 heteroatoms. The van der Waals surface area contributed by atoms with Crippen LogP contribution in [0.25, 0.3) is 11.4 Å². The van der Waals surface area contributed by atoms with Crippen LogP contribution in [0.15, 0.2) is 60.3 Å². The SMILES string of the molecule is C=CCn1c(SCC(=O)Nc2cc(C(=O)OC)ccc2Cl)nnc1-c1cccc(C)c1. The quantitative estimate of drug-likeness (QED) is 0.302. The van der Waals surface area contributed by atoms with Crippen molar-refractivity contribution in [2.24, 2.45) is 0 Å². The highest BCUT2D eigenvalue weighted by atomic mass is 35.5. The van der Waals surface area contributed by atoms with Crippen LogP contribution < -0.4 is 5.32 Å². The molecule has 3 rings (SSSR count). The standard InChI is InChI=1S/C22H21ClN4O3S/c1-4-10-27-20(15-7-5-6-14(2)11-15)25-26-22(27)31-13-19(28)24-18-12-16(21(29)30-3)8-9-17(18)23/h4-9,11-12H,1,10,13H2,2-3H3,(H,24,28). The fourth-order valence-corrected chi connectivity index (χ4v) is 3.78. The van der Waals surface area contributed by atoms with E-state index in [1.54, 1.807) is 6.08 Å². The summed E-state index contributed by atoms with van der Waals surface area (Å²) in [6.45, 7) is 6.32. The summed E-state index contributed by atoms with van der Waals surface area (Å²) in [6, 6.07) is 12.5. The van der Waals surface area contributed by atoms with Gasteiger partial charge in [0.2, 0.25) is 5.91 Å². The van der Waals surface area contributed by atoms with Crippen LogP contribution in [0.4, 0.5) is 5.69 Å². The Hall–Kier alpha value is -3.10. The van der Waals surface area contributed by atoms with Gasteiger partial charge >= 0.3 is 5.97 Å². The molecular weight excluding hydrogens is 436 g/mol. The minimum atomic E-state index is -0.511. The van der Waals surface area contributed by atoms with E-state index in [4.69, 9.17) is 16.3 Å². The predicted molar refractivity (Wildman–Crippen MR) is 123 cm³/mol. The third-order valence-corrected chi connectivity index (χ3v) is 5.60. The van der Waals surface area contributed by atoms with Crippen LogP contribution in [0.1, 0.15) is 15.9 Å². The molecular formula is C22H21ClN4O3S. The first-order valence-electron chi connectivity index (χ1n) is 9.34. The molecule has 0 fully saturated rings. The second-order valence-electron chi connectivity index (χ2n) is 6.60. The number of allylic oxidation sites excluding steroid dienone is 1. The second-order valence-corrected chi connectivity index (χ2v) is 7.95. The molecule has 31 heavy (non-hydrogen) atoms. The van der Waals surface area contributed by atoms with Gasteiger partial charge in [-0.1, -0.05) is 53.2 Å². The Labute approximate surface area is 189 Å². The highest BCUT2D eigenvalue weighted by Gasteiger charge is 2.16. The highest BCUT2D eigenvalue weighted by Crippen LogP contribution is 2.26. The van der Waals surface area contributed by atoms with E-state index < -0.39 is 5.97 Å². The first-order chi connectivity index (χ1) is 14.9. The van der Waals surface area contributed by atoms with Crippen molar-refractivity contribution in [3.05, 3.63) is 71.3 Å². The molecule has 1 aromatic heterocycles. The molecule has 1 N–H and O–H groups in total. The number of anilines is 1. The zero-order valence-corrected chi connectivity index (χ0v) is 18.7. The third kappa shape index (κ3) is 5.53. The largest absolute Gasteiger partial charge is 0.465 e. The maximum absolute atomic E-state index is 12.5. The lowest BCUT2D eigenvalue weighted by atomic mass is 10.1. The van der Waals surface area contributed by atoms with Crippen molar-refractivity contribution in [1.29, 1.82) is 0 Å². The molecule has 0 bridgehead atoms. The van der Waals surface area contributed by atoms with Crippen molar-refractivity contribution in [3.63, 3.8) is 0 Å². The summed E-state index contributed by atoms with van der Waals surface area (Å²) in [5.41, 5.74) is 2.69. The number of methoxy groups -OCH3 is 1. The molecule has 1 heterocycles. The molecule has 0 saturated heterocycles. The van der Waals surface area contributed by atoms with Gasteiger partial charge in [0, 0.05) is 12.1 Å². The molecule has 3 aromatic rings. The van der Waals surface area contributed by atoms with Crippen LogP contribution in [-0.4, -0.2) is 39.5 Å². The summed E-state index contributed by atoms with van der Waals surface area (Å²) >= 11 is 7.39. The second kappa shape index (κ2) is 10.3. The van der Waals surface area contributed by atoms with Gasteiger partial charge in [-0.05, 0) is 31.2 Å². The number of esters is 1. The van der Waals surface area contributed by atoms with Crippen molar-refractivity contribution in [1.82, 2.24) is 14.8 Å². The predicted octanol–water partition coefficient (Wildman–Crippen LogP) is 4.61. The third-order valence-electron chi connectivity index (χ3n) is 4.30. The smallest absolute Gasteiger partial charge is 0.337 e. The summed E-state index contributed by atoms with van der Waals surface area (Å²) in [6.07, 6.45) is 1.75. The molecule has 160 valence electrons. The minimum absolute atomic E-state index is 0.0852. The van der Waals surface area contributed by atoms with Crippen LogP contribution in [0.2, 0.25) is 5.02 Å². The first kappa shape index (κ1) is 22.6. The normalized spacial score (nSPS) is 10.5. The van der Waals surface area contributed by atoms with Crippen LogP contribution >= 0.6 is 23.4 Å². The van der Waals surface area contributed by atoms with Gasteiger partial charge in [-0.15, -0.1) is 16.8 Å². The molecule has 1 amide bonds. The molecule has 0 aliphatic rings. The molecule has 0 aliphatic carbocycles. The van der Waals surface area contributed by atoms with Crippen molar-refractivity contribution >= 4 is 40.9 Å². The van der Waals surface area contributed by atoms with Crippen molar-refractivity contribution < 1.29 is 14.3 Å². The maximum Gasteiger partial charge on any atom is 0.337 e. The number of carbonyl (C=O) groups excluding carboxylic acids is 2. The summed E-state index contributed by atoms with van der Waals surface area (Å²) in [4.78, 5) is 24.2. The Morgan fingerprint density at radius 1 is 1.26 bits per heavy atom. The van der Waals surface area contributed by atoms with Gasteiger partial charge in [0.1, 0.15) is 0 Å². The maximum atomic E-state index is 12.5. The van der Waals surface area contributed by atoms with Crippen molar-refractivity contribution in [3.8, 4) is 11.4 Å². The molecule has 0 atom stereocenters. The number of aromatic nitrogens is 3. The molecule has 2 aromatic carbocycles. The van der Waals surface area contributed by atoms with Gasteiger partial charge in [0.05, 0.1) is 29.1 Å². The van der Waals surface area contributed by atoms with E-state index in [0.29, 0.717) is 33.8 Å². The zero-order chi connectivity index (χ0) is 22.4. The number of carbonyl (C=O) groups is 2. The zero-order valence-electron chi connectivity index (χ0n) is 17.1. The lowest BCUT2D eigenvalue weighted by Gasteiger charge is -2.10. The van der Waals surface area contributed by atoms with E-state index in [1.165, 1.54) is 37.1 Å². The van der Waals surface area contributed by atoms with Crippen LogP contribution in [0, 0.1) is 6.92 Å². The summed E-state index contributed by atoms with van der Waals surface area (Å²) in [5.74, 6) is -0.00994. The molecule has 0 spiro atoms. The average molecular weight is 457 g/mol. The summed E-state index contributed by atoms with van der Waals surface area (Å²) in [5, 5.41) is 12.2. The average Bonchev–Trinajstić information content (AvgIpc) is 3.16. The van der Waals surface area contributed by atoms with E-state index >= 15 is 0 Å². The van der Waals surface area contributed by atoms with Crippen LogP contribution in [0.5, 0.6) is 0 Å². The minimum Gasteiger partial charge on any atom is -0.465 e. The monoisotopic (exact) mass is 456 g/mol. The topological polar surface area (TPSA) is 86.1 Å². The van der Waals surface area contributed by atoms with Crippen molar-refractivity contribution in [2.75, 3.05) is 18.2 Å². The molecule has 0 radical (unpaired) electrons. The Kier molecular flexibility index (Phi) is 7.49. The molecule has 7 nitrogen and oxygen atoms in total. The molecule has 0 saturated carbocycles. The number of amides is 1. The van der Waals surface area contributed by atoms with Crippen molar-refractivity contribution in [2.45, 2.75) is 18.6 Å². The molecule has 0 aliphatic heterocycles. The number of halogens is 1. The van der Waals surface area contributed by atoms with Gasteiger partial charge in [-0.25, -0.2) is 4.79 Å². The number of hydrogen-bond acceptors (Lipinski definition) is 6. The van der Waals surface area contributed by atoms with Gasteiger partial charge < -0.3 is 10.1 Å². The van der Waals surface area contributed by atoms with E-state index in [1.807, 2.05) is 35.8 Å². The number of nitrogens with zero attached hydrogens (tertiary/aromatic N) is 3. The first-order valence-corrected chi connectivity index (χ1v) is 10.7. The highest BCUT2D eigenvalue weighted by molar-refractivity contribution is 7.99. The number of aryl methyl sites for hydroxylation is 1. The summed E-state index contributed by atoms with van der Waals surface area (Å²) in [7, 11) is 1.29. The Morgan fingerprint density at radius 3 is 2.77 bits per heavy atom. The van der Waals surface area contributed by atoms with Gasteiger partial charge in [-0.2, -0.15) is 0 Å². The number of benzene rings is 2. The lowest BCUT2D eigenvalue weighted by Crippen LogP contribution is -2.15. The molecule has 0 unspecified atom stereocenters. The fourth-order valence-electron chi connectivity index (χ4n) is 2.87. The Bertz CT molecular complexity index is 1130. The number of hydrogen-bond donors (Lipinski definition) is 1. The Balaban J connectivity index is 1.73. The number of nitrogens with one attached hydrogen (secondary N) is 1. The lowest BCUT2D eigenvalue weighted by molar-refractivity contribution is -0.113. The van der Waals surface area contributed by atoms with E-state index in [0.717, 1.165) is 11.1 Å². The van der Waals surface area contributed by atoms with E-state index in [-0.39, 0.29) is 11.7 Å². The van der Waals surface area contributed by atoms with E-state index in [9.17, 15) is 9.59 Å². The van der Waals surface area contributed by atoms with Gasteiger partial charge in [0.25, 0.3) is 0 Å². The number of thioether (sulfide) groups is 1. The van der Waals surface area contributed by atoms with Gasteiger partial charge in [0.15, 0.2) is 11.0 Å².